The van der Waals surface area contributed by atoms with Crippen LogP contribution >= 0.6 is 0 Å². The Kier molecular flexibility index (Phi) is 2.66. The topological polar surface area (TPSA) is 25.2 Å². The van der Waals surface area contributed by atoms with Crippen LogP contribution in [0, 0.1) is 12.8 Å². The summed E-state index contributed by atoms with van der Waals surface area (Å²) in [6, 6.07) is 9.48. The van der Waals surface area contributed by atoms with Crippen LogP contribution in [-0.4, -0.2) is 12.6 Å². The first kappa shape index (κ1) is 11.5. The molecule has 2 aromatic rings. The summed E-state index contributed by atoms with van der Waals surface area (Å²) < 4.78 is 6.13. The molecule has 1 heterocycles. The molecule has 0 amide bonds. The number of para-hydroxylation sites is 1. The van der Waals surface area contributed by atoms with Crippen LogP contribution in [0.3, 0.4) is 0 Å². The first-order valence-electron chi connectivity index (χ1n) is 7.54. The van der Waals surface area contributed by atoms with Crippen molar-refractivity contribution < 1.29 is 4.42 Å². The lowest BCUT2D eigenvalue weighted by Crippen LogP contribution is -2.34. The minimum atomic E-state index is 0.637. The van der Waals surface area contributed by atoms with Crippen LogP contribution in [0.4, 0.5) is 0 Å². The van der Waals surface area contributed by atoms with Crippen molar-refractivity contribution >= 4 is 11.0 Å². The Morgan fingerprint density at radius 3 is 2.79 bits per heavy atom. The van der Waals surface area contributed by atoms with Crippen LogP contribution in [0.25, 0.3) is 11.0 Å². The third kappa shape index (κ3) is 2.08. The molecule has 2 atom stereocenters. The molecule has 100 valence electrons. The molecular weight excluding hydrogens is 234 g/mol. The Morgan fingerprint density at radius 2 is 2.11 bits per heavy atom. The fourth-order valence-electron chi connectivity index (χ4n) is 3.20. The summed E-state index contributed by atoms with van der Waals surface area (Å²) in [4.78, 5) is 0. The number of hydrogen-bond donors (Lipinski definition) is 1. The van der Waals surface area contributed by atoms with Gasteiger partial charge in [-0.2, -0.15) is 0 Å². The highest BCUT2D eigenvalue weighted by Gasteiger charge is 2.35. The van der Waals surface area contributed by atoms with Crippen molar-refractivity contribution in [3.8, 4) is 0 Å². The molecule has 1 aromatic heterocycles. The van der Waals surface area contributed by atoms with Crippen LogP contribution < -0.4 is 5.32 Å². The number of benzene rings is 1. The molecule has 0 saturated heterocycles. The zero-order valence-electron chi connectivity index (χ0n) is 11.5. The van der Waals surface area contributed by atoms with Gasteiger partial charge in [-0.1, -0.05) is 18.2 Å². The van der Waals surface area contributed by atoms with E-state index in [9.17, 15) is 0 Å². The molecule has 19 heavy (non-hydrogen) atoms. The maximum absolute atomic E-state index is 6.13. The summed E-state index contributed by atoms with van der Waals surface area (Å²) in [5.41, 5.74) is 2.33. The molecule has 0 spiro atoms. The molecule has 2 aliphatic rings. The van der Waals surface area contributed by atoms with Gasteiger partial charge < -0.3 is 9.73 Å². The average Bonchev–Trinajstić information content (AvgIpc) is 3.08. The first-order chi connectivity index (χ1) is 9.31. The molecule has 2 fully saturated rings. The second-order valence-electron chi connectivity index (χ2n) is 6.27. The van der Waals surface area contributed by atoms with Gasteiger partial charge in [-0.05, 0) is 56.7 Å². The fourth-order valence-corrected chi connectivity index (χ4v) is 3.20. The molecule has 1 aromatic carbocycles. The van der Waals surface area contributed by atoms with Crippen molar-refractivity contribution in [3.63, 3.8) is 0 Å². The molecule has 0 bridgehead atoms. The molecule has 4 rings (SSSR count). The Morgan fingerprint density at radius 1 is 1.21 bits per heavy atom. The number of hydrogen-bond acceptors (Lipinski definition) is 2. The van der Waals surface area contributed by atoms with Gasteiger partial charge in [0.15, 0.2) is 0 Å². The SMILES string of the molecule is Cc1cccc2cc(C3CCC3CNC3CC3)oc12. The molecular formula is C17H21NO. The summed E-state index contributed by atoms with van der Waals surface area (Å²) in [5.74, 6) is 2.62. The molecule has 1 N–H and O–H groups in total. The number of aryl methyl sites for hydroxylation is 1. The van der Waals surface area contributed by atoms with Crippen molar-refractivity contribution in [2.45, 2.75) is 44.6 Å². The zero-order chi connectivity index (χ0) is 12.8. The minimum absolute atomic E-state index is 0.637. The van der Waals surface area contributed by atoms with Gasteiger partial charge in [0, 0.05) is 17.3 Å². The monoisotopic (exact) mass is 255 g/mol. The lowest BCUT2D eigenvalue weighted by molar-refractivity contribution is 0.218. The van der Waals surface area contributed by atoms with Gasteiger partial charge in [0.1, 0.15) is 11.3 Å². The van der Waals surface area contributed by atoms with Crippen molar-refractivity contribution in [1.29, 1.82) is 0 Å². The van der Waals surface area contributed by atoms with Crippen molar-refractivity contribution in [2.24, 2.45) is 5.92 Å². The molecule has 2 saturated carbocycles. The highest BCUT2D eigenvalue weighted by molar-refractivity contribution is 5.81. The molecule has 0 aliphatic heterocycles. The molecule has 0 radical (unpaired) electrons. The van der Waals surface area contributed by atoms with Gasteiger partial charge in [-0.3, -0.25) is 0 Å². The van der Waals surface area contributed by atoms with E-state index >= 15 is 0 Å². The molecule has 2 nitrogen and oxygen atoms in total. The number of nitrogens with one attached hydrogen (secondary N) is 1. The van der Waals surface area contributed by atoms with Crippen LogP contribution in [0.1, 0.15) is 42.9 Å². The van der Waals surface area contributed by atoms with E-state index in [4.69, 9.17) is 4.42 Å². The average molecular weight is 255 g/mol. The summed E-state index contributed by atoms with van der Waals surface area (Å²) in [7, 11) is 0. The van der Waals surface area contributed by atoms with E-state index in [0.717, 1.165) is 17.5 Å². The van der Waals surface area contributed by atoms with Crippen molar-refractivity contribution in [3.05, 3.63) is 35.6 Å². The van der Waals surface area contributed by atoms with E-state index in [2.05, 4.69) is 36.5 Å². The van der Waals surface area contributed by atoms with E-state index < -0.39 is 0 Å². The van der Waals surface area contributed by atoms with Gasteiger partial charge in [0.25, 0.3) is 0 Å². The Hall–Kier alpha value is -1.28. The van der Waals surface area contributed by atoms with Crippen molar-refractivity contribution in [1.82, 2.24) is 5.32 Å². The summed E-state index contributed by atoms with van der Waals surface area (Å²) in [5, 5.41) is 4.92. The maximum Gasteiger partial charge on any atom is 0.137 e. The van der Waals surface area contributed by atoms with Crippen LogP contribution in [-0.2, 0) is 0 Å². The Balaban J connectivity index is 1.54. The second kappa shape index (κ2) is 4.38. The summed E-state index contributed by atoms with van der Waals surface area (Å²) in [6.07, 6.45) is 5.39. The number of furan rings is 1. The standard InChI is InChI=1S/C17H21NO/c1-11-3-2-4-12-9-16(19-17(11)12)15-8-5-13(15)10-18-14-6-7-14/h2-4,9,13-15,18H,5-8,10H2,1H3. The predicted octanol–water partition coefficient (Wildman–Crippen LogP) is 3.99. The van der Waals surface area contributed by atoms with E-state index in [1.807, 2.05) is 0 Å². The quantitative estimate of drug-likeness (QED) is 0.893. The van der Waals surface area contributed by atoms with Crippen molar-refractivity contribution in [2.75, 3.05) is 6.54 Å². The second-order valence-corrected chi connectivity index (χ2v) is 6.27. The minimum Gasteiger partial charge on any atom is -0.460 e. The van der Waals surface area contributed by atoms with Crippen LogP contribution in [0.5, 0.6) is 0 Å². The van der Waals surface area contributed by atoms with Gasteiger partial charge >= 0.3 is 0 Å². The zero-order valence-corrected chi connectivity index (χ0v) is 11.5. The van der Waals surface area contributed by atoms with Gasteiger partial charge in [-0.15, -0.1) is 0 Å². The van der Waals surface area contributed by atoms with Crippen LogP contribution in [0.15, 0.2) is 28.7 Å². The predicted molar refractivity (Wildman–Crippen MR) is 77.4 cm³/mol. The summed E-state index contributed by atoms with van der Waals surface area (Å²) >= 11 is 0. The largest absolute Gasteiger partial charge is 0.460 e. The lowest BCUT2D eigenvalue weighted by atomic mass is 9.72. The highest BCUT2D eigenvalue weighted by Crippen LogP contribution is 2.44. The molecule has 2 unspecified atom stereocenters. The van der Waals surface area contributed by atoms with Gasteiger partial charge in [0.2, 0.25) is 0 Å². The van der Waals surface area contributed by atoms with E-state index in [-0.39, 0.29) is 0 Å². The first-order valence-corrected chi connectivity index (χ1v) is 7.54. The van der Waals surface area contributed by atoms with E-state index in [1.165, 1.54) is 48.9 Å². The normalized spacial score (nSPS) is 26.6. The van der Waals surface area contributed by atoms with Gasteiger partial charge in [-0.25, -0.2) is 0 Å². The number of fused-ring (bicyclic) bond motifs is 1. The molecule has 2 aliphatic carbocycles. The molecule has 2 heteroatoms. The Bertz CT molecular complexity index is 596. The smallest absolute Gasteiger partial charge is 0.137 e. The lowest BCUT2D eigenvalue weighted by Gasteiger charge is -2.35. The maximum atomic E-state index is 6.13. The van der Waals surface area contributed by atoms with Gasteiger partial charge in [0.05, 0.1) is 0 Å². The number of rotatable bonds is 4. The summed E-state index contributed by atoms with van der Waals surface area (Å²) in [6.45, 7) is 3.30. The Labute approximate surface area is 114 Å². The fraction of sp³-hybridized carbons (Fsp3) is 0.529. The third-order valence-corrected chi connectivity index (χ3v) is 4.79. The van der Waals surface area contributed by atoms with E-state index in [0.29, 0.717) is 5.92 Å². The third-order valence-electron chi connectivity index (χ3n) is 4.79. The highest BCUT2D eigenvalue weighted by atomic mass is 16.3. The van der Waals surface area contributed by atoms with Crippen LogP contribution in [0.2, 0.25) is 0 Å². The van der Waals surface area contributed by atoms with E-state index in [1.54, 1.807) is 0 Å².